The second kappa shape index (κ2) is 7.53. The van der Waals surface area contributed by atoms with Crippen LogP contribution in [0.1, 0.15) is 11.7 Å². The van der Waals surface area contributed by atoms with E-state index in [-0.39, 0.29) is 6.03 Å². The standard InChI is InChI=1S/C19H21N5O3/c1-14-21-18(22-27-14)15-4-6-16(7-5-15)23-8-10-24(11-9-23)19(25)20-13-17-3-2-12-26-17/h2-7,12H,8-11,13H2,1H3,(H,20,25). The number of rotatable bonds is 4. The third-order valence-electron chi connectivity index (χ3n) is 4.58. The molecule has 0 bridgehead atoms. The minimum Gasteiger partial charge on any atom is -0.467 e. The molecule has 0 saturated carbocycles. The number of hydrogen-bond donors (Lipinski definition) is 1. The molecule has 0 atom stereocenters. The molecule has 2 aromatic heterocycles. The lowest BCUT2D eigenvalue weighted by atomic mass is 10.1. The number of furan rings is 1. The molecule has 1 fully saturated rings. The van der Waals surface area contributed by atoms with Crippen LogP contribution in [-0.4, -0.2) is 47.3 Å². The first-order chi connectivity index (χ1) is 13.2. The lowest BCUT2D eigenvalue weighted by molar-refractivity contribution is 0.193. The average molecular weight is 367 g/mol. The fourth-order valence-corrected chi connectivity index (χ4v) is 3.09. The number of piperazine rings is 1. The number of hydrogen-bond acceptors (Lipinski definition) is 6. The molecule has 3 aromatic rings. The summed E-state index contributed by atoms with van der Waals surface area (Å²) in [5, 5.41) is 6.82. The van der Waals surface area contributed by atoms with E-state index in [1.165, 1.54) is 0 Å². The first-order valence-electron chi connectivity index (χ1n) is 8.90. The molecule has 140 valence electrons. The highest BCUT2D eigenvalue weighted by Gasteiger charge is 2.21. The van der Waals surface area contributed by atoms with Crippen LogP contribution in [0.15, 0.2) is 51.6 Å². The van der Waals surface area contributed by atoms with Crippen molar-refractivity contribution in [2.45, 2.75) is 13.5 Å². The molecule has 0 aliphatic carbocycles. The predicted molar refractivity (Wildman–Crippen MR) is 99.2 cm³/mol. The largest absolute Gasteiger partial charge is 0.467 e. The van der Waals surface area contributed by atoms with Crippen LogP contribution in [0.2, 0.25) is 0 Å². The summed E-state index contributed by atoms with van der Waals surface area (Å²) >= 11 is 0. The van der Waals surface area contributed by atoms with Gasteiger partial charge < -0.3 is 24.1 Å². The van der Waals surface area contributed by atoms with E-state index in [0.29, 0.717) is 31.3 Å². The van der Waals surface area contributed by atoms with Gasteiger partial charge in [-0.05, 0) is 36.4 Å². The van der Waals surface area contributed by atoms with Crippen molar-refractivity contribution < 1.29 is 13.7 Å². The molecule has 27 heavy (non-hydrogen) atoms. The zero-order valence-corrected chi connectivity index (χ0v) is 15.1. The topological polar surface area (TPSA) is 87.6 Å². The Hall–Kier alpha value is -3.29. The number of nitrogens with zero attached hydrogens (tertiary/aromatic N) is 4. The van der Waals surface area contributed by atoms with E-state index < -0.39 is 0 Å². The van der Waals surface area contributed by atoms with Gasteiger partial charge in [0.05, 0.1) is 12.8 Å². The number of carbonyl (C=O) groups excluding carboxylic acids is 1. The third-order valence-corrected chi connectivity index (χ3v) is 4.58. The van der Waals surface area contributed by atoms with E-state index in [1.807, 2.05) is 41.3 Å². The molecule has 1 aromatic carbocycles. The third kappa shape index (κ3) is 3.94. The number of benzene rings is 1. The van der Waals surface area contributed by atoms with E-state index in [4.69, 9.17) is 8.94 Å². The number of aromatic nitrogens is 2. The van der Waals surface area contributed by atoms with Crippen molar-refractivity contribution in [3.05, 3.63) is 54.3 Å². The molecular formula is C19H21N5O3. The second-order valence-corrected chi connectivity index (χ2v) is 6.40. The zero-order chi connectivity index (χ0) is 18.6. The second-order valence-electron chi connectivity index (χ2n) is 6.40. The Morgan fingerprint density at radius 2 is 1.93 bits per heavy atom. The Bertz CT molecular complexity index is 880. The van der Waals surface area contributed by atoms with Gasteiger partial charge in [-0.2, -0.15) is 4.98 Å². The first kappa shape index (κ1) is 17.1. The van der Waals surface area contributed by atoms with Crippen LogP contribution >= 0.6 is 0 Å². The monoisotopic (exact) mass is 367 g/mol. The van der Waals surface area contributed by atoms with Gasteiger partial charge in [-0.15, -0.1) is 0 Å². The number of nitrogens with one attached hydrogen (secondary N) is 1. The van der Waals surface area contributed by atoms with Crippen LogP contribution in [-0.2, 0) is 6.54 Å². The number of aryl methyl sites for hydroxylation is 1. The molecule has 8 nitrogen and oxygen atoms in total. The summed E-state index contributed by atoms with van der Waals surface area (Å²) in [5.41, 5.74) is 2.04. The number of anilines is 1. The molecule has 0 unspecified atom stereocenters. The van der Waals surface area contributed by atoms with E-state index in [2.05, 4.69) is 20.4 Å². The van der Waals surface area contributed by atoms with Crippen molar-refractivity contribution in [3.8, 4) is 11.4 Å². The zero-order valence-electron chi connectivity index (χ0n) is 15.1. The van der Waals surface area contributed by atoms with Gasteiger partial charge >= 0.3 is 6.03 Å². The summed E-state index contributed by atoms with van der Waals surface area (Å²) in [7, 11) is 0. The Kier molecular flexibility index (Phi) is 4.78. The fourth-order valence-electron chi connectivity index (χ4n) is 3.09. The van der Waals surface area contributed by atoms with Crippen LogP contribution in [0.25, 0.3) is 11.4 Å². The van der Waals surface area contributed by atoms with E-state index in [1.54, 1.807) is 13.2 Å². The maximum atomic E-state index is 12.3. The van der Waals surface area contributed by atoms with E-state index >= 15 is 0 Å². The van der Waals surface area contributed by atoms with Crippen LogP contribution in [0.5, 0.6) is 0 Å². The summed E-state index contributed by atoms with van der Waals surface area (Å²) in [6.07, 6.45) is 1.60. The summed E-state index contributed by atoms with van der Waals surface area (Å²) in [6.45, 7) is 5.10. The van der Waals surface area contributed by atoms with Gasteiger partial charge in [-0.1, -0.05) is 5.16 Å². The normalized spacial score (nSPS) is 14.4. The summed E-state index contributed by atoms with van der Waals surface area (Å²) < 4.78 is 10.3. The smallest absolute Gasteiger partial charge is 0.317 e. The highest BCUT2D eigenvalue weighted by atomic mass is 16.5. The summed E-state index contributed by atoms with van der Waals surface area (Å²) in [4.78, 5) is 20.6. The number of carbonyl (C=O) groups is 1. The molecule has 0 spiro atoms. The van der Waals surface area contributed by atoms with E-state index in [0.717, 1.165) is 30.1 Å². The quantitative estimate of drug-likeness (QED) is 0.763. The lowest BCUT2D eigenvalue weighted by Crippen LogP contribution is -2.51. The van der Waals surface area contributed by atoms with Crippen molar-refractivity contribution in [1.29, 1.82) is 0 Å². The predicted octanol–water partition coefficient (Wildman–Crippen LogP) is 2.67. The van der Waals surface area contributed by atoms with Crippen LogP contribution in [0.3, 0.4) is 0 Å². The molecule has 1 aliphatic rings. The highest BCUT2D eigenvalue weighted by molar-refractivity contribution is 5.74. The maximum Gasteiger partial charge on any atom is 0.317 e. The summed E-state index contributed by atoms with van der Waals surface area (Å²) in [5.74, 6) is 1.89. The van der Waals surface area contributed by atoms with Crippen LogP contribution < -0.4 is 10.2 Å². The maximum absolute atomic E-state index is 12.3. The van der Waals surface area contributed by atoms with Crippen LogP contribution in [0.4, 0.5) is 10.5 Å². The Morgan fingerprint density at radius 1 is 1.15 bits per heavy atom. The molecule has 1 N–H and O–H groups in total. The van der Waals surface area contributed by atoms with Gasteiger partial charge in [0.1, 0.15) is 5.76 Å². The minimum absolute atomic E-state index is 0.0612. The molecule has 8 heteroatoms. The SMILES string of the molecule is Cc1nc(-c2ccc(N3CCN(C(=O)NCc4ccco4)CC3)cc2)no1. The molecular weight excluding hydrogens is 346 g/mol. The van der Waals surface area contributed by atoms with Crippen molar-refractivity contribution >= 4 is 11.7 Å². The highest BCUT2D eigenvalue weighted by Crippen LogP contribution is 2.22. The molecule has 2 amide bonds. The van der Waals surface area contributed by atoms with Gasteiger partial charge in [-0.3, -0.25) is 0 Å². The Morgan fingerprint density at radius 3 is 2.56 bits per heavy atom. The van der Waals surface area contributed by atoms with Crippen LogP contribution in [0, 0.1) is 6.92 Å². The van der Waals surface area contributed by atoms with Crippen molar-refractivity contribution in [2.24, 2.45) is 0 Å². The van der Waals surface area contributed by atoms with E-state index in [9.17, 15) is 4.79 Å². The number of urea groups is 1. The van der Waals surface area contributed by atoms with Gasteiger partial charge in [0, 0.05) is 44.4 Å². The minimum atomic E-state index is -0.0612. The molecule has 1 saturated heterocycles. The van der Waals surface area contributed by atoms with Gasteiger partial charge in [0.2, 0.25) is 11.7 Å². The van der Waals surface area contributed by atoms with Crippen molar-refractivity contribution in [3.63, 3.8) is 0 Å². The molecule has 3 heterocycles. The summed E-state index contributed by atoms with van der Waals surface area (Å²) in [6, 6.07) is 11.7. The van der Waals surface area contributed by atoms with Gasteiger partial charge in [-0.25, -0.2) is 4.79 Å². The Balaban J connectivity index is 1.30. The van der Waals surface area contributed by atoms with Gasteiger partial charge in [0.25, 0.3) is 0 Å². The van der Waals surface area contributed by atoms with Gasteiger partial charge in [0.15, 0.2) is 0 Å². The molecule has 1 aliphatic heterocycles. The average Bonchev–Trinajstić information content (AvgIpc) is 3.38. The first-order valence-corrected chi connectivity index (χ1v) is 8.90. The molecule has 0 radical (unpaired) electrons. The fraction of sp³-hybridized carbons (Fsp3) is 0.316. The van der Waals surface area contributed by atoms with Crippen molar-refractivity contribution in [1.82, 2.24) is 20.4 Å². The molecule has 4 rings (SSSR count). The van der Waals surface area contributed by atoms with Crippen molar-refractivity contribution in [2.75, 3.05) is 31.1 Å². The number of amides is 2. The Labute approximate surface area is 156 Å². The lowest BCUT2D eigenvalue weighted by Gasteiger charge is -2.36.